The number of aromatic nitrogens is 1. The summed E-state index contributed by atoms with van der Waals surface area (Å²) in [5, 5.41) is 4.75. The number of rotatable bonds is 0. The minimum absolute atomic E-state index is 1.16. The summed E-state index contributed by atoms with van der Waals surface area (Å²) in [6, 6.07) is 6.24. The van der Waals surface area contributed by atoms with Crippen molar-refractivity contribution in [3.05, 3.63) is 41.0 Å². The number of aliphatic imine (C=N–C) groups is 1. The summed E-state index contributed by atoms with van der Waals surface area (Å²) in [5.41, 5.74) is 0. The van der Waals surface area contributed by atoms with Crippen LogP contribution in [0.25, 0.3) is 23.0 Å². The van der Waals surface area contributed by atoms with Crippen LogP contribution in [0.15, 0.2) is 30.6 Å². The number of benzene rings is 1. The fourth-order valence-corrected chi connectivity index (χ4v) is 1.73. The zero-order valence-corrected chi connectivity index (χ0v) is 7.51. The van der Waals surface area contributed by atoms with E-state index in [2.05, 4.69) is 22.1 Å². The first-order valence-corrected chi connectivity index (χ1v) is 4.51. The zero-order valence-electron chi connectivity index (χ0n) is 7.51. The molecule has 0 N–H and O–H groups in total. The van der Waals surface area contributed by atoms with Crippen LogP contribution in [0.5, 0.6) is 0 Å². The zero-order chi connectivity index (χ0) is 9.38. The van der Waals surface area contributed by atoms with Gasteiger partial charge in [-0.3, -0.25) is 4.98 Å². The van der Waals surface area contributed by atoms with Gasteiger partial charge >= 0.3 is 0 Å². The molecule has 14 heavy (non-hydrogen) atoms. The number of nitrogens with zero attached hydrogens (tertiary/aromatic N) is 2. The first-order chi connectivity index (χ1) is 6.95. The number of fused-ring (bicyclic) bond motifs is 3. The summed E-state index contributed by atoms with van der Waals surface area (Å²) < 4.78 is 0. The second kappa shape index (κ2) is 2.77. The van der Waals surface area contributed by atoms with Gasteiger partial charge in [-0.05, 0) is 16.7 Å². The largest absolute Gasteiger partial charge is 0.264 e. The summed E-state index contributed by atoms with van der Waals surface area (Å²) in [6.07, 6.45) is 9.41. The maximum Gasteiger partial charge on any atom is 0.250 e. The van der Waals surface area contributed by atoms with Crippen LogP contribution >= 0.6 is 0 Å². The Balaban J connectivity index is 2.63. The van der Waals surface area contributed by atoms with E-state index < -0.39 is 0 Å². The molecule has 1 aliphatic rings. The lowest BCUT2D eigenvalue weighted by molar-refractivity contribution is 1.35. The van der Waals surface area contributed by atoms with Crippen molar-refractivity contribution in [2.24, 2.45) is 0 Å². The lowest BCUT2D eigenvalue weighted by Gasteiger charge is -1.96. The molecule has 2 nitrogen and oxygen atoms in total. The molecule has 65 valence electrons. The molecule has 3 rings (SSSR count). The molecule has 0 atom stereocenters. The Hall–Kier alpha value is -1.96. The van der Waals surface area contributed by atoms with E-state index >= 15 is 0 Å². The summed E-state index contributed by atoms with van der Waals surface area (Å²) in [6.45, 7) is 0. The van der Waals surface area contributed by atoms with Gasteiger partial charge in [0.05, 0.1) is 10.2 Å². The van der Waals surface area contributed by atoms with Crippen molar-refractivity contribution in [3.63, 3.8) is 0 Å². The van der Waals surface area contributed by atoms with Crippen LogP contribution in [0.1, 0.15) is 0 Å². The highest BCUT2D eigenvalue weighted by atomic mass is 14.7. The Morgan fingerprint density at radius 1 is 1.14 bits per heavy atom. The van der Waals surface area contributed by atoms with E-state index in [1.165, 1.54) is 10.6 Å². The molecule has 0 bridgehead atoms. The van der Waals surface area contributed by atoms with Crippen LogP contribution < -0.4 is 15.4 Å². The minimum atomic E-state index is 1.16. The molecular formula is C12H8N2+. The second-order valence-corrected chi connectivity index (χ2v) is 3.26. The predicted molar refractivity (Wildman–Crippen MR) is 58.1 cm³/mol. The van der Waals surface area contributed by atoms with Gasteiger partial charge in [0, 0.05) is 23.9 Å². The van der Waals surface area contributed by atoms with E-state index in [4.69, 9.17) is 0 Å². The summed E-state index contributed by atoms with van der Waals surface area (Å²) in [4.78, 5) is 8.27. The lowest BCUT2D eigenvalue weighted by atomic mass is 10.1. The summed E-state index contributed by atoms with van der Waals surface area (Å²) in [5.74, 6) is 0. The van der Waals surface area contributed by atoms with Gasteiger partial charge in [-0.1, -0.05) is 12.1 Å². The van der Waals surface area contributed by atoms with Crippen molar-refractivity contribution in [1.82, 2.24) is 9.98 Å². The van der Waals surface area contributed by atoms with Gasteiger partial charge in [0.1, 0.15) is 0 Å². The third-order valence-electron chi connectivity index (χ3n) is 2.44. The van der Waals surface area contributed by atoms with Gasteiger partial charge in [-0.25, -0.2) is 0 Å². The van der Waals surface area contributed by atoms with Gasteiger partial charge in [0.15, 0.2) is 0 Å². The van der Waals surface area contributed by atoms with Crippen molar-refractivity contribution in [2.75, 3.05) is 0 Å². The molecular weight excluding hydrogens is 172 g/mol. The van der Waals surface area contributed by atoms with Crippen LogP contribution in [0.4, 0.5) is 0 Å². The molecule has 1 aromatic heterocycles. The molecule has 0 saturated heterocycles. The number of hydrogen-bond donors (Lipinski definition) is 0. The van der Waals surface area contributed by atoms with Crippen LogP contribution in [-0.4, -0.2) is 11.2 Å². The highest BCUT2D eigenvalue weighted by Crippen LogP contribution is 2.04. The molecule has 1 radical (unpaired) electrons. The third-order valence-corrected chi connectivity index (χ3v) is 2.44. The first kappa shape index (κ1) is 7.44. The SMILES string of the molecule is C1=[N+]C=c2c(ccc3ccncc23)=C1. The average molecular weight is 180 g/mol. The average Bonchev–Trinajstić information content (AvgIpc) is 2.29. The minimum Gasteiger partial charge on any atom is -0.264 e. The van der Waals surface area contributed by atoms with Gasteiger partial charge < -0.3 is 0 Å². The van der Waals surface area contributed by atoms with Crippen LogP contribution in [0.2, 0.25) is 0 Å². The summed E-state index contributed by atoms with van der Waals surface area (Å²) >= 11 is 0. The van der Waals surface area contributed by atoms with E-state index in [1.807, 2.05) is 37.0 Å². The Morgan fingerprint density at radius 2 is 2.14 bits per heavy atom. The van der Waals surface area contributed by atoms with E-state index in [0.29, 0.717) is 0 Å². The smallest absolute Gasteiger partial charge is 0.250 e. The number of pyridine rings is 1. The Morgan fingerprint density at radius 3 is 3.14 bits per heavy atom. The van der Waals surface area contributed by atoms with Crippen LogP contribution in [-0.2, 0) is 0 Å². The van der Waals surface area contributed by atoms with Gasteiger partial charge in [0.25, 0.3) is 6.20 Å². The topological polar surface area (TPSA) is 27.0 Å². The fraction of sp³-hybridized carbons (Fsp3) is 0. The van der Waals surface area contributed by atoms with Crippen molar-refractivity contribution in [2.45, 2.75) is 0 Å². The standard InChI is InChI=1S/C12H8N2/c1-2-10-4-6-14-8-12(10)11-7-13-5-3-9(1)11/h1-8H/q+1. The Labute approximate surface area is 80.9 Å². The van der Waals surface area contributed by atoms with Crippen molar-refractivity contribution >= 4 is 29.3 Å². The quantitative estimate of drug-likeness (QED) is 0.568. The molecule has 0 aliphatic carbocycles. The van der Waals surface area contributed by atoms with Crippen molar-refractivity contribution in [1.29, 1.82) is 0 Å². The van der Waals surface area contributed by atoms with E-state index in [-0.39, 0.29) is 0 Å². The second-order valence-electron chi connectivity index (χ2n) is 3.26. The molecule has 2 heteroatoms. The molecule has 1 aliphatic heterocycles. The van der Waals surface area contributed by atoms with Gasteiger partial charge in [-0.15, -0.1) is 0 Å². The van der Waals surface area contributed by atoms with Crippen molar-refractivity contribution < 1.29 is 0 Å². The molecule has 0 spiro atoms. The number of hydrogen-bond acceptors (Lipinski definition) is 2. The van der Waals surface area contributed by atoms with Gasteiger partial charge in [-0.2, -0.15) is 0 Å². The van der Waals surface area contributed by atoms with Crippen LogP contribution in [0.3, 0.4) is 0 Å². The van der Waals surface area contributed by atoms with Crippen molar-refractivity contribution in [3.8, 4) is 0 Å². The molecule has 0 amide bonds. The maximum absolute atomic E-state index is 4.14. The molecule has 0 fully saturated rings. The first-order valence-electron chi connectivity index (χ1n) is 4.51. The highest BCUT2D eigenvalue weighted by Gasteiger charge is 2.01. The Bertz CT molecular complexity index is 639. The highest BCUT2D eigenvalue weighted by molar-refractivity contribution is 5.94. The maximum atomic E-state index is 4.14. The normalized spacial score (nSPS) is 13.1. The molecule has 2 heterocycles. The molecule has 0 saturated carbocycles. The Kier molecular flexibility index (Phi) is 1.47. The molecule has 1 aromatic carbocycles. The fourth-order valence-electron chi connectivity index (χ4n) is 1.73. The van der Waals surface area contributed by atoms with E-state index in [1.54, 1.807) is 0 Å². The summed E-state index contributed by atoms with van der Waals surface area (Å²) in [7, 11) is 0. The van der Waals surface area contributed by atoms with E-state index in [9.17, 15) is 0 Å². The monoisotopic (exact) mass is 180 g/mol. The van der Waals surface area contributed by atoms with E-state index in [0.717, 1.165) is 10.6 Å². The lowest BCUT2D eigenvalue weighted by Crippen LogP contribution is -2.28. The predicted octanol–water partition coefficient (Wildman–Crippen LogP) is 0.173. The molecule has 0 unspecified atom stereocenters. The molecule has 2 aromatic rings. The van der Waals surface area contributed by atoms with Crippen LogP contribution in [0, 0.1) is 0 Å². The van der Waals surface area contributed by atoms with Gasteiger partial charge in [0.2, 0.25) is 6.21 Å². The third kappa shape index (κ3) is 0.973.